The Morgan fingerprint density at radius 3 is 2.82 bits per heavy atom. The normalized spacial score (nSPS) is 33.6. The molecular formula is C7H13NO3. The van der Waals surface area contributed by atoms with Gasteiger partial charge in [0.05, 0.1) is 6.61 Å². The predicted octanol–water partition coefficient (Wildman–Crippen LogP) is -0.210. The van der Waals surface area contributed by atoms with Gasteiger partial charge in [-0.1, -0.05) is 0 Å². The molecule has 0 unspecified atom stereocenters. The lowest BCUT2D eigenvalue weighted by molar-refractivity contribution is -0.160. The minimum Gasteiger partial charge on any atom is -0.479 e. The monoisotopic (exact) mass is 159 g/mol. The molecule has 0 amide bonds. The molecule has 0 bridgehead atoms. The van der Waals surface area contributed by atoms with Gasteiger partial charge in [0.1, 0.15) is 0 Å². The highest BCUT2D eigenvalue weighted by Gasteiger charge is 2.31. The van der Waals surface area contributed by atoms with Gasteiger partial charge in [0.2, 0.25) is 0 Å². The van der Waals surface area contributed by atoms with E-state index in [0.29, 0.717) is 6.61 Å². The van der Waals surface area contributed by atoms with Crippen molar-refractivity contribution in [2.24, 2.45) is 0 Å². The van der Waals surface area contributed by atoms with Crippen molar-refractivity contribution in [3.05, 3.63) is 0 Å². The maximum absolute atomic E-state index is 10.6. The minimum absolute atomic E-state index is 0.0266. The van der Waals surface area contributed by atoms with Gasteiger partial charge < -0.3 is 9.84 Å². The number of carboxylic acids is 1. The highest BCUT2D eigenvalue weighted by molar-refractivity contribution is 5.73. The van der Waals surface area contributed by atoms with E-state index < -0.39 is 12.1 Å². The van der Waals surface area contributed by atoms with Gasteiger partial charge in [0.15, 0.2) is 6.10 Å². The molecule has 4 heteroatoms. The maximum atomic E-state index is 10.6. The van der Waals surface area contributed by atoms with E-state index in [-0.39, 0.29) is 6.04 Å². The first kappa shape index (κ1) is 8.49. The van der Waals surface area contributed by atoms with Gasteiger partial charge >= 0.3 is 5.97 Å². The third kappa shape index (κ3) is 1.70. The highest BCUT2D eigenvalue weighted by atomic mass is 16.5. The Morgan fingerprint density at radius 1 is 1.73 bits per heavy atom. The minimum atomic E-state index is -0.871. The Labute approximate surface area is 65.8 Å². The smallest absolute Gasteiger partial charge is 0.334 e. The summed E-state index contributed by atoms with van der Waals surface area (Å²) in [5.41, 5.74) is 0. The number of morpholine rings is 1. The lowest BCUT2D eigenvalue weighted by atomic mass is 10.1. The standard InChI is InChI=1S/C7H13NO3/c1-5-6(7(9)10)11-4-3-8(5)2/h5-6H,3-4H2,1-2H3,(H,9,10)/t5-,6+/m0/s1. The van der Waals surface area contributed by atoms with Crippen LogP contribution in [-0.2, 0) is 9.53 Å². The highest BCUT2D eigenvalue weighted by Crippen LogP contribution is 2.11. The molecule has 1 heterocycles. The van der Waals surface area contributed by atoms with Crippen LogP contribution in [0.5, 0.6) is 0 Å². The summed E-state index contributed by atoms with van der Waals surface area (Å²) in [4.78, 5) is 12.5. The van der Waals surface area contributed by atoms with Crippen molar-refractivity contribution < 1.29 is 14.6 Å². The van der Waals surface area contributed by atoms with Crippen molar-refractivity contribution in [1.82, 2.24) is 4.90 Å². The average Bonchev–Trinajstić information content (AvgIpc) is 1.94. The molecule has 11 heavy (non-hydrogen) atoms. The van der Waals surface area contributed by atoms with Crippen LogP contribution in [0.4, 0.5) is 0 Å². The van der Waals surface area contributed by atoms with Crippen LogP contribution >= 0.6 is 0 Å². The van der Waals surface area contributed by atoms with E-state index in [9.17, 15) is 4.79 Å². The van der Waals surface area contributed by atoms with E-state index in [1.807, 2.05) is 18.9 Å². The SMILES string of the molecule is C[C@H]1[C@H](C(=O)O)OCCN1C. The van der Waals surface area contributed by atoms with Crippen LogP contribution in [0, 0.1) is 0 Å². The number of ether oxygens (including phenoxy) is 1. The molecule has 1 aliphatic rings. The average molecular weight is 159 g/mol. The number of aliphatic carboxylic acids is 1. The van der Waals surface area contributed by atoms with Crippen LogP contribution in [0.1, 0.15) is 6.92 Å². The fraction of sp³-hybridized carbons (Fsp3) is 0.857. The fourth-order valence-corrected chi connectivity index (χ4v) is 1.18. The summed E-state index contributed by atoms with van der Waals surface area (Å²) in [5.74, 6) is -0.871. The summed E-state index contributed by atoms with van der Waals surface area (Å²) < 4.78 is 5.08. The second kappa shape index (κ2) is 3.19. The van der Waals surface area contributed by atoms with Crippen LogP contribution in [-0.4, -0.2) is 48.3 Å². The second-order valence-corrected chi connectivity index (χ2v) is 2.85. The molecule has 0 aromatic carbocycles. The number of hydrogen-bond donors (Lipinski definition) is 1. The summed E-state index contributed by atoms with van der Waals surface area (Å²) in [6.45, 7) is 3.18. The van der Waals surface area contributed by atoms with Gasteiger partial charge in [0, 0.05) is 12.6 Å². The Balaban J connectivity index is 2.58. The van der Waals surface area contributed by atoms with E-state index in [1.165, 1.54) is 0 Å². The number of nitrogens with zero attached hydrogens (tertiary/aromatic N) is 1. The molecule has 1 fully saturated rings. The summed E-state index contributed by atoms with van der Waals surface area (Å²) in [6, 6.07) is -0.0266. The van der Waals surface area contributed by atoms with E-state index >= 15 is 0 Å². The molecule has 1 N–H and O–H groups in total. The van der Waals surface area contributed by atoms with Crippen LogP contribution in [0.15, 0.2) is 0 Å². The van der Waals surface area contributed by atoms with Crippen LogP contribution in [0.2, 0.25) is 0 Å². The molecule has 0 aromatic heterocycles. The Morgan fingerprint density at radius 2 is 2.36 bits per heavy atom. The van der Waals surface area contributed by atoms with Gasteiger partial charge in [-0.2, -0.15) is 0 Å². The summed E-state index contributed by atoms with van der Waals surface area (Å²) in [5, 5.41) is 8.67. The number of carbonyl (C=O) groups is 1. The van der Waals surface area contributed by atoms with Gasteiger partial charge in [0.25, 0.3) is 0 Å². The number of hydrogen-bond acceptors (Lipinski definition) is 3. The third-order valence-electron chi connectivity index (χ3n) is 2.12. The van der Waals surface area contributed by atoms with Gasteiger partial charge in [-0.3, -0.25) is 4.90 Å². The number of carboxylic acid groups (broad SMARTS) is 1. The molecule has 1 saturated heterocycles. The molecule has 0 radical (unpaired) electrons. The maximum Gasteiger partial charge on any atom is 0.334 e. The zero-order chi connectivity index (χ0) is 8.43. The molecular weight excluding hydrogens is 146 g/mol. The molecule has 0 spiro atoms. The molecule has 0 aliphatic carbocycles. The molecule has 2 atom stereocenters. The predicted molar refractivity (Wildman–Crippen MR) is 39.5 cm³/mol. The van der Waals surface area contributed by atoms with Crippen molar-refractivity contribution in [2.75, 3.05) is 20.2 Å². The zero-order valence-electron chi connectivity index (χ0n) is 6.78. The number of likely N-dealkylation sites (N-methyl/N-ethyl adjacent to an activating group) is 1. The van der Waals surface area contributed by atoms with E-state index in [0.717, 1.165) is 6.54 Å². The lowest BCUT2D eigenvalue weighted by Gasteiger charge is -2.34. The molecule has 1 aliphatic heterocycles. The van der Waals surface area contributed by atoms with Gasteiger partial charge in [-0.15, -0.1) is 0 Å². The second-order valence-electron chi connectivity index (χ2n) is 2.85. The molecule has 1 rings (SSSR count). The zero-order valence-corrected chi connectivity index (χ0v) is 6.78. The fourth-order valence-electron chi connectivity index (χ4n) is 1.18. The first-order chi connectivity index (χ1) is 5.13. The Bertz CT molecular complexity index is 160. The van der Waals surface area contributed by atoms with Crippen LogP contribution < -0.4 is 0 Å². The first-order valence-corrected chi connectivity index (χ1v) is 3.67. The van der Waals surface area contributed by atoms with E-state index in [4.69, 9.17) is 9.84 Å². The van der Waals surface area contributed by atoms with Crippen LogP contribution in [0.3, 0.4) is 0 Å². The van der Waals surface area contributed by atoms with Crippen molar-refractivity contribution >= 4 is 5.97 Å². The molecule has 0 saturated carbocycles. The topological polar surface area (TPSA) is 49.8 Å². The van der Waals surface area contributed by atoms with Crippen molar-refractivity contribution in [3.63, 3.8) is 0 Å². The quantitative estimate of drug-likeness (QED) is 0.575. The van der Waals surface area contributed by atoms with E-state index in [1.54, 1.807) is 0 Å². The largest absolute Gasteiger partial charge is 0.479 e. The van der Waals surface area contributed by atoms with Crippen molar-refractivity contribution in [2.45, 2.75) is 19.1 Å². The lowest BCUT2D eigenvalue weighted by Crippen LogP contribution is -2.50. The summed E-state index contributed by atoms with van der Waals surface area (Å²) in [7, 11) is 1.91. The third-order valence-corrected chi connectivity index (χ3v) is 2.12. The Kier molecular flexibility index (Phi) is 2.46. The Hall–Kier alpha value is -0.610. The molecule has 0 aromatic rings. The molecule has 4 nitrogen and oxygen atoms in total. The van der Waals surface area contributed by atoms with Gasteiger partial charge in [-0.05, 0) is 14.0 Å². The summed E-state index contributed by atoms with van der Waals surface area (Å²) in [6.07, 6.45) is -0.659. The first-order valence-electron chi connectivity index (χ1n) is 3.67. The van der Waals surface area contributed by atoms with Crippen LogP contribution in [0.25, 0.3) is 0 Å². The molecule has 64 valence electrons. The van der Waals surface area contributed by atoms with E-state index in [2.05, 4.69) is 0 Å². The van der Waals surface area contributed by atoms with Crippen molar-refractivity contribution in [3.8, 4) is 0 Å². The van der Waals surface area contributed by atoms with Crippen molar-refractivity contribution in [1.29, 1.82) is 0 Å². The summed E-state index contributed by atoms with van der Waals surface area (Å²) >= 11 is 0. The van der Waals surface area contributed by atoms with Gasteiger partial charge in [-0.25, -0.2) is 4.79 Å². The number of rotatable bonds is 1.